The molecular formula is C12H12BrN3O. The Morgan fingerprint density at radius 3 is 2.94 bits per heavy atom. The number of aromatic nitrogens is 2. The van der Waals surface area contributed by atoms with Crippen LogP contribution in [0.2, 0.25) is 0 Å². The summed E-state index contributed by atoms with van der Waals surface area (Å²) in [4.78, 5) is 16.3. The highest BCUT2D eigenvalue weighted by atomic mass is 79.9. The van der Waals surface area contributed by atoms with Gasteiger partial charge in [-0.15, -0.1) is 0 Å². The van der Waals surface area contributed by atoms with E-state index in [9.17, 15) is 4.79 Å². The van der Waals surface area contributed by atoms with E-state index in [0.717, 1.165) is 4.47 Å². The molecule has 1 aromatic heterocycles. The maximum atomic E-state index is 12.2. The summed E-state index contributed by atoms with van der Waals surface area (Å²) in [7, 11) is 0. The number of imidazole rings is 1. The highest BCUT2D eigenvalue weighted by Gasteiger charge is 2.16. The second-order valence-corrected chi connectivity index (χ2v) is 4.51. The molecule has 88 valence electrons. The standard InChI is InChI=1S/C12H12BrN3O/c1-2-16-6-5-15-12(16)11(17)9-4-3-8(13)7-10(9)14/h3-7H,2,14H2,1H3. The Hall–Kier alpha value is -1.62. The maximum absolute atomic E-state index is 12.2. The predicted molar refractivity (Wildman–Crippen MR) is 69.9 cm³/mol. The molecule has 0 unspecified atom stereocenters. The second kappa shape index (κ2) is 4.71. The Labute approximate surface area is 108 Å². The molecule has 0 saturated heterocycles. The van der Waals surface area contributed by atoms with Crippen molar-refractivity contribution < 1.29 is 4.79 Å². The smallest absolute Gasteiger partial charge is 0.230 e. The van der Waals surface area contributed by atoms with E-state index >= 15 is 0 Å². The average Bonchev–Trinajstić information content (AvgIpc) is 2.76. The van der Waals surface area contributed by atoms with Gasteiger partial charge in [-0.1, -0.05) is 15.9 Å². The van der Waals surface area contributed by atoms with Gasteiger partial charge in [0.15, 0.2) is 5.82 Å². The van der Waals surface area contributed by atoms with E-state index in [4.69, 9.17) is 5.73 Å². The van der Waals surface area contributed by atoms with Crippen molar-refractivity contribution in [2.45, 2.75) is 13.5 Å². The first-order chi connectivity index (χ1) is 8.13. The fraction of sp³-hybridized carbons (Fsp3) is 0.167. The van der Waals surface area contributed by atoms with Crippen molar-refractivity contribution in [3.8, 4) is 0 Å². The molecule has 0 radical (unpaired) electrons. The fourth-order valence-electron chi connectivity index (χ4n) is 1.63. The van der Waals surface area contributed by atoms with Crippen LogP contribution >= 0.6 is 15.9 Å². The molecule has 2 rings (SSSR count). The first-order valence-electron chi connectivity index (χ1n) is 5.24. The summed E-state index contributed by atoms with van der Waals surface area (Å²) in [5, 5.41) is 0. The van der Waals surface area contributed by atoms with E-state index in [1.165, 1.54) is 0 Å². The molecule has 0 aliphatic rings. The third kappa shape index (κ3) is 2.24. The monoisotopic (exact) mass is 293 g/mol. The predicted octanol–water partition coefficient (Wildman–Crippen LogP) is 2.48. The Morgan fingerprint density at radius 2 is 2.29 bits per heavy atom. The van der Waals surface area contributed by atoms with E-state index in [2.05, 4.69) is 20.9 Å². The molecule has 0 atom stereocenters. The summed E-state index contributed by atoms with van der Waals surface area (Å²) in [5.74, 6) is 0.267. The lowest BCUT2D eigenvalue weighted by molar-refractivity contribution is 0.102. The quantitative estimate of drug-likeness (QED) is 0.699. The largest absolute Gasteiger partial charge is 0.398 e. The number of nitrogens with two attached hydrogens (primary N) is 1. The molecule has 0 fully saturated rings. The molecule has 0 amide bonds. The summed E-state index contributed by atoms with van der Waals surface area (Å²) in [6.45, 7) is 2.67. The number of carbonyl (C=O) groups excluding carboxylic acids is 1. The van der Waals surface area contributed by atoms with Crippen molar-refractivity contribution in [2.24, 2.45) is 0 Å². The third-order valence-corrected chi connectivity index (χ3v) is 3.01. The summed E-state index contributed by atoms with van der Waals surface area (Å²) >= 11 is 3.31. The van der Waals surface area contributed by atoms with Crippen LogP contribution in [0.15, 0.2) is 35.1 Å². The van der Waals surface area contributed by atoms with Crippen LogP contribution < -0.4 is 5.73 Å². The summed E-state index contributed by atoms with van der Waals surface area (Å²) in [6, 6.07) is 5.21. The van der Waals surface area contributed by atoms with Crippen LogP contribution in [0.25, 0.3) is 0 Å². The molecule has 0 bridgehead atoms. The SMILES string of the molecule is CCn1ccnc1C(=O)c1ccc(Br)cc1N. The number of halogens is 1. The van der Waals surface area contributed by atoms with Crippen molar-refractivity contribution in [2.75, 3.05) is 5.73 Å². The van der Waals surface area contributed by atoms with Gasteiger partial charge in [0.25, 0.3) is 0 Å². The van der Waals surface area contributed by atoms with E-state index in [0.29, 0.717) is 23.6 Å². The van der Waals surface area contributed by atoms with Gasteiger partial charge in [-0.25, -0.2) is 4.98 Å². The number of nitrogen functional groups attached to an aromatic ring is 1. The summed E-state index contributed by atoms with van der Waals surface area (Å²) < 4.78 is 2.65. The van der Waals surface area contributed by atoms with Crippen LogP contribution in [0.5, 0.6) is 0 Å². The third-order valence-electron chi connectivity index (χ3n) is 2.52. The second-order valence-electron chi connectivity index (χ2n) is 3.60. The zero-order valence-corrected chi connectivity index (χ0v) is 10.9. The lowest BCUT2D eigenvalue weighted by Crippen LogP contribution is -2.12. The minimum absolute atomic E-state index is 0.151. The zero-order valence-electron chi connectivity index (χ0n) is 9.35. The molecule has 5 heteroatoms. The van der Waals surface area contributed by atoms with E-state index in [1.54, 1.807) is 35.2 Å². The van der Waals surface area contributed by atoms with Crippen molar-refractivity contribution >= 4 is 27.4 Å². The number of nitrogens with zero attached hydrogens (tertiary/aromatic N) is 2. The van der Waals surface area contributed by atoms with Gasteiger partial charge >= 0.3 is 0 Å². The number of rotatable bonds is 3. The summed E-state index contributed by atoms with van der Waals surface area (Å²) in [5.41, 5.74) is 6.77. The zero-order chi connectivity index (χ0) is 12.4. The molecule has 1 heterocycles. The molecule has 0 aliphatic carbocycles. The van der Waals surface area contributed by atoms with Crippen LogP contribution in [0.4, 0.5) is 5.69 Å². The molecule has 17 heavy (non-hydrogen) atoms. The van der Waals surface area contributed by atoms with Crippen molar-refractivity contribution in [3.05, 3.63) is 46.5 Å². The van der Waals surface area contributed by atoms with Gasteiger partial charge in [0.2, 0.25) is 5.78 Å². The lowest BCUT2D eigenvalue weighted by atomic mass is 10.1. The minimum atomic E-state index is -0.151. The van der Waals surface area contributed by atoms with Gasteiger partial charge in [0, 0.05) is 34.7 Å². The highest BCUT2D eigenvalue weighted by Crippen LogP contribution is 2.20. The molecular weight excluding hydrogens is 282 g/mol. The van der Waals surface area contributed by atoms with Crippen LogP contribution in [0.3, 0.4) is 0 Å². The molecule has 4 nitrogen and oxygen atoms in total. The molecule has 1 aromatic carbocycles. The molecule has 0 aliphatic heterocycles. The minimum Gasteiger partial charge on any atom is -0.398 e. The van der Waals surface area contributed by atoms with Crippen molar-refractivity contribution in [1.29, 1.82) is 0 Å². The van der Waals surface area contributed by atoms with E-state index < -0.39 is 0 Å². The van der Waals surface area contributed by atoms with Crippen LogP contribution in [-0.4, -0.2) is 15.3 Å². The number of anilines is 1. The number of ketones is 1. The van der Waals surface area contributed by atoms with Crippen molar-refractivity contribution in [1.82, 2.24) is 9.55 Å². The molecule has 2 N–H and O–H groups in total. The number of carbonyl (C=O) groups is 1. The Bertz CT molecular complexity index is 563. The van der Waals surface area contributed by atoms with Gasteiger partial charge in [0.1, 0.15) is 0 Å². The van der Waals surface area contributed by atoms with Crippen LogP contribution in [0.1, 0.15) is 23.1 Å². The maximum Gasteiger partial charge on any atom is 0.230 e. The first-order valence-corrected chi connectivity index (χ1v) is 6.03. The highest BCUT2D eigenvalue weighted by molar-refractivity contribution is 9.10. The van der Waals surface area contributed by atoms with Gasteiger partial charge in [-0.2, -0.15) is 0 Å². The molecule has 2 aromatic rings. The average molecular weight is 294 g/mol. The number of benzene rings is 1. The van der Waals surface area contributed by atoms with Crippen LogP contribution in [-0.2, 0) is 6.54 Å². The van der Waals surface area contributed by atoms with Gasteiger partial charge in [-0.05, 0) is 25.1 Å². The topological polar surface area (TPSA) is 60.9 Å². The van der Waals surface area contributed by atoms with Gasteiger partial charge in [0.05, 0.1) is 0 Å². The van der Waals surface area contributed by atoms with Gasteiger partial charge < -0.3 is 10.3 Å². The molecule has 0 spiro atoms. The fourth-order valence-corrected chi connectivity index (χ4v) is 2.01. The Kier molecular flexibility index (Phi) is 3.28. The van der Waals surface area contributed by atoms with Gasteiger partial charge in [-0.3, -0.25) is 4.79 Å². The number of aryl methyl sites for hydroxylation is 1. The number of hydrogen-bond donors (Lipinski definition) is 1. The van der Waals surface area contributed by atoms with E-state index in [1.807, 2.05) is 6.92 Å². The van der Waals surface area contributed by atoms with E-state index in [-0.39, 0.29) is 5.78 Å². The molecule has 0 saturated carbocycles. The Morgan fingerprint density at radius 1 is 1.53 bits per heavy atom. The lowest BCUT2D eigenvalue weighted by Gasteiger charge is -2.06. The Balaban J connectivity index is 2.44. The number of hydrogen-bond acceptors (Lipinski definition) is 3. The normalized spacial score (nSPS) is 10.5. The summed E-state index contributed by atoms with van der Waals surface area (Å²) in [6.07, 6.45) is 3.40. The van der Waals surface area contributed by atoms with Crippen molar-refractivity contribution in [3.63, 3.8) is 0 Å². The first kappa shape index (κ1) is 11.9. The van der Waals surface area contributed by atoms with Crippen LogP contribution in [0, 0.1) is 0 Å².